The van der Waals surface area contributed by atoms with E-state index in [1.807, 2.05) is 0 Å². The van der Waals surface area contributed by atoms with Gasteiger partial charge in [0, 0.05) is 5.56 Å². The molecule has 1 aromatic rings. The van der Waals surface area contributed by atoms with Crippen LogP contribution in [-0.4, -0.2) is 54.1 Å². The molecule has 0 aromatic heterocycles. The quantitative estimate of drug-likeness (QED) is 0.666. The van der Waals surface area contributed by atoms with E-state index in [-0.39, 0.29) is 11.3 Å². The number of Topliss-reactive ketones (excluding diaryl/α,β-unsaturated/α-hetero) is 1. The van der Waals surface area contributed by atoms with Crippen LogP contribution in [0.4, 0.5) is 13.2 Å². The third-order valence-corrected chi connectivity index (χ3v) is 2.92. The summed E-state index contributed by atoms with van der Waals surface area (Å²) in [5, 5.41) is 20.4. The van der Waals surface area contributed by atoms with E-state index < -0.39 is 42.6 Å². The molecule has 134 valence electrons. The van der Waals surface area contributed by atoms with E-state index in [0.29, 0.717) is 0 Å². The van der Waals surface area contributed by atoms with Gasteiger partial charge in [0.15, 0.2) is 17.3 Å². The summed E-state index contributed by atoms with van der Waals surface area (Å²) in [6.45, 7) is 0.297. The number of hydrogen-bond donors (Lipinski definition) is 3. The Hall–Kier alpha value is -2.33. The first-order valence-corrected chi connectivity index (χ1v) is 6.65. The molecular formula is C14H16F3NO6. The molecule has 2 atom stereocenters. The largest absolute Gasteiger partial charge is 0.573 e. The van der Waals surface area contributed by atoms with Crippen LogP contribution in [0.15, 0.2) is 18.2 Å². The van der Waals surface area contributed by atoms with Crippen LogP contribution in [0.2, 0.25) is 0 Å². The molecule has 1 amide bonds. The predicted octanol–water partition coefficient (Wildman–Crippen LogP) is 0.634. The van der Waals surface area contributed by atoms with Crippen molar-refractivity contribution in [2.45, 2.75) is 25.4 Å². The molecule has 7 nitrogen and oxygen atoms in total. The number of aliphatic hydroxyl groups is 2. The van der Waals surface area contributed by atoms with Crippen molar-refractivity contribution in [3.63, 3.8) is 0 Å². The predicted molar refractivity (Wildman–Crippen MR) is 74.7 cm³/mol. The van der Waals surface area contributed by atoms with Crippen LogP contribution in [-0.2, 0) is 4.79 Å². The second-order valence-electron chi connectivity index (χ2n) is 4.73. The normalized spacial score (nSPS) is 13.8. The molecular weight excluding hydrogens is 335 g/mol. The summed E-state index contributed by atoms with van der Waals surface area (Å²) >= 11 is 0. The van der Waals surface area contributed by atoms with Gasteiger partial charge in [-0.25, -0.2) is 0 Å². The highest BCUT2D eigenvalue weighted by atomic mass is 19.4. The number of carbonyl (C=O) groups is 2. The zero-order chi connectivity index (χ0) is 18.5. The van der Waals surface area contributed by atoms with E-state index in [1.54, 1.807) is 0 Å². The highest BCUT2D eigenvalue weighted by molar-refractivity contribution is 5.98. The number of methoxy groups -OCH3 is 1. The molecule has 0 aliphatic rings. The zero-order valence-electron chi connectivity index (χ0n) is 12.8. The third kappa shape index (κ3) is 5.39. The molecule has 0 bridgehead atoms. The monoisotopic (exact) mass is 351 g/mol. The van der Waals surface area contributed by atoms with Crippen molar-refractivity contribution in [3.8, 4) is 11.5 Å². The van der Waals surface area contributed by atoms with E-state index in [9.17, 15) is 27.9 Å². The summed E-state index contributed by atoms with van der Waals surface area (Å²) in [6.07, 6.45) is -6.30. The number of ketones is 1. The first kappa shape index (κ1) is 19.7. The van der Waals surface area contributed by atoms with E-state index in [2.05, 4.69) is 10.1 Å². The number of amides is 1. The number of carbonyl (C=O) groups excluding carboxylic acids is 2. The molecule has 0 fully saturated rings. The number of hydrogen-bond acceptors (Lipinski definition) is 6. The van der Waals surface area contributed by atoms with Crippen molar-refractivity contribution in [2.24, 2.45) is 0 Å². The number of halogens is 3. The summed E-state index contributed by atoms with van der Waals surface area (Å²) in [5.41, 5.74) is -0.258. The number of alkyl halides is 3. The molecule has 24 heavy (non-hydrogen) atoms. The van der Waals surface area contributed by atoms with Gasteiger partial charge in [0.2, 0.25) is 0 Å². The fourth-order valence-electron chi connectivity index (χ4n) is 1.82. The van der Waals surface area contributed by atoms with Crippen molar-refractivity contribution in [3.05, 3.63) is 23.8 Å². The van der Waals surface area contributed by atoms with Crippen LogP contribution < -0.4 is 14.8 Å². The average Bonchev–Trinajstić information content (AvgIpc) is 2.49. The van der Waals surface area contributed by atoms with E-state index in [0.717, 1.165) is 25.3 Å². The average molecular weight is 351 g/mol. The maximum atomic E-state index is 12.4. The molecule has 3 N–H and O–H groups in total. The number of aliphatic hydroxyl groups excluding tert-OH is 2. The van der Waals surface area contributed by atoms with E-state index in [1.165, 1.54) is 6.92 Å². The lowest BCUT2D eigenvalue weighted by molar-refractivity contribution is -0.275. The van der Waals surface area contributed by atoms with Crippen LogP contribution in [0.1, 0.15) is 17.3 Å². The lowest BCUT2D eigenvalue weighted by Gasteiger charge is -2.20. The Labute approximate surface area is 135 Å². The van der Waals surface area contributed by atoms with Crippen molar-refractivity contribution >= 4 is 11.7 Å². The number of benzene rings is 1. The minimum Gasteiger partial charge on any atom is -0.493 e. The lowest BCUT2D eigenvalue weighted by atomic mass is 10.1. The second-order valence-corrected chi connectivity index (χ2v) is 4.73. The van der Waals surface area contributed by atoms with Gasteiger partial charge in [-0.1, -0.05) is 0 Å². The summed E-state index contributed by atoms with van der Waals surface area (Å²) in [7, 11) is 1.13. The zero-order valence-corrected chi connectivity index (χ0v) is 12.8. The maximum absolute atomic E-state index is 12.4. The first-order valence-electron chi connectivity index (χ1n) is 6.65. The van der Waals surface area contributed by atoms with Gasteiger partial charge in [0.1, 0.15) is 12.6 Å². The van der Waals surface area contributed by atoms with Crippen LogP contribution >= 0.6 is 0 Å². The van der Waals surface area contributed by atoms with Crippen LogP contribution in [0.3, 0.4) is 0 Å². The van der Waals surface area contributed by atoms with Gasteiger partial charge in [-0.3, -0.25) is 9.59 Å². The van der Waals surface area contributed by atoms with Crippen LogP contribution in [0, 0.1) is 0 Å². The Balaban J connectivity index is 3.06. The topological polar surface area (TPSA) is 105 Å². The molecule has 0 heterocycles. The Morgan fingerprint density at radius 1 is 1.29 bits per heavy atom. The summed E-state index contributed by atoms with van der Waals surface area (Å²) in [5.74, 6) is -2.77. The van der Waals surface area contributed by atoms with Crippen LogP contribution in [0.25, 0.3) is 0 Å². The lowest BCUT2D eigenvalue weighted by Crippen LogP contribution is -2.48. The highest BCUT2D eigenvalue weighted by Gasteiger charge is 2.33. The van der Waals surface area contributed by atoms with E-state index in [4.69, 9.17) is 9.84 Å². The number of rotatable bonds is 7. The van der Waals surface area contributed by atoms with Gasteiger partial charge in [-0.15, -0.1) is 13.2 Å². The first-order chi connectivity index (χ1) is 11.1. The van der Waals surface area contributed by atoms with Crippen molar-refractivity contribution in [2.75, 3.05) is 13.7 Å². The summed E-state index contributed by atoms with van der Waals surface area (Å²) < 4.78 is 45.6. The Morgan fingerprint density at radius 2 is 1.92 bits per heavy atom. The molecule has 10 heteroatoms. The molecule has 0 saturated carbocycles. The molecule has 0 spiro atoms. The van der Waals surface area contributed by atoms with Gasteiger partial charge >= 0.3 is 6.36 Å². The molecule has 0 saturated heterocycles. The Kier molecular flexibility index (Phi) is 6.55. The van der Waals surface area contributed by atoms with Gasteiger partial charge in [0.25, 0.3) is 5.91 Å². The van der Waals surface area contributed by atoms with Gasteiger partial charge in [-0.2, -0.15) is 0 Å². The van der Waals surface area contributed by atoms with E-state index >= 15 is 0 Å². The van der Waals surface area contributed by atoms with Gasteiger partial charge < -0.3 is 25.0 Å². The van der Waals surface area contributed by atoms with Gasteiger partial charge in [0.05, 0.1) is 13.2 Å². The standard InChI is InChI=1S/C14H16F3NO6/c1-7(20)12(9(21)6-19)18-13(22)8-3-4-10(23-2)11(5-8)24-14(15,16)17/h3-5,7,12,19-20H,6H2,1-2H3,(H,18,22)/t7-,12+/m1/s1. The van der Waals surface area contributed by atoms with Crippen molar-refractivity contribution in [1.82, 2.24) is 5.32 Å². The third-order valence-electron chi connectivity index (χ3n) is 2.92. The fraction of sp³-hybridized carbons (Fsp3) is 0.429. The molecule has 1 aromatic carbocycles. The minimum atomic E-state index is -4.99. The minimum absolute atomic E-state index is 0.248. The summed E-state index contributed by atoms with van der Waals surface area (Å²) in [6, 6.07) is 1.61. The smallest absolute Gasteiger partial charge is 0.493 e. The number of ether oxygens (including phenoxy) is 2. The molecule has 0 unspecified atom stereocenters. The Bertz CT molecular complexity index is 603. The fourth-order valence-corrected chi connectivity index (χ4v) is 1.82. The highest BCUT2D eigenvalue weighted by Crippen LogP contribution is 2.32. The van der Waals surface area contributed by atoms with Crippen molar-refractivity contribution in [1.29, 1.82) is 0 Å². The Morgan fingerprint density at radius 3 is 2.38 bits per heavy atom. The maximum Gasteiger partial charge on any atom is 0.573 e. The van der Waals surface area contributed by atoms with Crippen LogP contribution in [0.5, 0.6) is 11.5 Å². The molecule has 1 rings (SSSR count). The SMILES string of the molecule is COc1ccc(C(=O)N[C@H](C(=O)CO)[C@@H](C)O)cc1OC(F)(F)F. The van der Waals surface area contributed by atoms with Gasteiger partial charge in [-0.05, 0) is 25.1 Å². The molecule has 0 aliphatic carbocycles. The molecule has 0 radical (unpaired) electrons. The number of nitrogens with one attached hydrogen (secondary N) is 1. The molecule has 0 aliphatic heterocycles. The van der Waals surface area contributed by atoms with Crippen molar-refractivity contribution < 1.29 is 42.4 Å². The summed E-state index contributed by atoms with van der Waals surface area (Å²) in [4.78, 5) is 23.5. The second kappa shape index (κ2) is 7.97.